The molecule has 1 N–H and O–H groups in total. The SMILES string of the molecule is Cc1cc(C(=O)N[C@@H]2COCCC2(F)F)nc(-n2ccnc2)c1. The van der Waals surface area contributed by atoms with E-state index >= 15 is 0 Å². The fraction of sp³-hybridized carbons (Fsp3) is 0.400. The summed E-state index contributed by atoms with van der Waals surface area (Å²) in [4.78, 5) is 20.4. The van der Waals surface area contributed by atoms with Crippen molar-refractivity contribution in [1.29, 1.82) is 0 Å². The van der Waals surface area contributed by atoms with Gasteiger partial charge in [0.1, 0.15) is 23.9 Å². The Morgan fingerprint density at radius 2 is 2.30 bits per heavy atom. The summed E-state index contributed by atoms with van der Waals surface area (Å²) in [7, 11) is 0. The lowest BCUT2D eigenvalue weighted by molar-refractivity contribution is -0.116. The number of alkyl halides is 2. The molecule has 8 heteroatoms. The van der Waals surface area contributed by atoms with Gasteiger partial charge in [0.25, 0.3) is 11.8 Å². The molecule has 0 saturated carbocycles. The normalized spacial score (nSPS) is 20.2. The molecule has 2 aromatic heterocycles. The lowest BCUT2D eigenvalue weighted by atomic mass is 10.1. The number of nitrogens with one attached hydrogen (secondary N) is 1. The smallest absolute Gasteiger partial charge is 0.272 e. The minimum absolute atomic E-state index is 0.00710. The second-order valence-corrected chi connectivity index (χ2v) is 5.47. The van der Waals surface area contributed by atoms with Crippen molar-refractivity contribution in [3.8, 4) is 5.82 Å². The highest BCUT2D eigenvalue weighted by Gasteiger charge is 2.43. The quantitative estimate of drug-likeness (QED) is 0.934. The van der Waals surface area contributed by atoms with Gasteiger partial charge in [0.15, 0.2) is 0 Å². The van der Waals surface area contributed by atoms with Gasteiger partial charge < -0.3 is 10.1 Å². The van der Waals surface area contributed by atoms with Gasteiger partial charge in [-0.2, -0.15) is 0 Å². The molecule has 1 amide bonds. The summed E-state index contributed by atoms with van der Waals surface area (Å²) >= 11 is 0. The van der Waals surface area contributed by atoms with Crippen molar-refractivity contribution >= 4 is 5.91 Å². The van der Waals surface area contributed by atoms with Crippen LogP contribution in [0.15, 0.2) is 30.9 Å². The standard InChI is InChI=1S/C15H16F2N4O2/c1-10-6-11(19-13(7-10)21-4-3-18-9-21)14(22)20-12-8-23-5-2-15(12,16)17/h3-4,6-7,9,12H,2,5,8H2,1H3,(H,20,22)/t12-/m1/s1. The molecule has 0 aliphatic carbocycles. The van der Waals surface area contributed by atoms with Gasteiger partial charge in [0, 0.05) is 18.8 Å². The van der Waals surface area contributed by atoms with Crippen molar-refractivity contribution in [2.75, 3.05) is 13.2 Å². The summed E-state index contributed by atoms with van der Waals surface area (Å²) in [6.45, 7) is 1.59. The number of carbonyl (C=O) groups is 1. The third-order valence-electron chi connectivity index (χ3n) is 3.64. The predicted octanol–water partition coefficient (Wildman–Crippen LogP) is 1.73. The lowest BCUT2D eigenvalue weighted by Gasteiger charge is -2.31. The van der Waals surface area contributed by atoms with Crippen molar-refractivity contribution in [3.05, 3.63) is 42.1 Å². The van der Waals surface area contributed by atoms with Crippen molar-refractivity contribution in [2.45, 2.75) is 25.3 Å². The van der Waals surface area contributed by atoms with Gasteiger partial charge in [0.2, 0.25) is 0 Å². The number of aromatic nitrogens is 3. The van der Waals surface area contributed by atoms with Crippen molar-refractivity contribution in [2.24, 2.45) is 0 Å². The number of amides is 1. The number of imidazole rings is 1. The molecule has 122 valence electrons. The van der Waals surface area contributed by atoms with Crippen molar-refractivity contribution < 1.29 is 18.3 Å². The first-order valence-electron chi connectivity index (χ1n) is 7.19. The number of halogens is 2. The van der Waals surface area contributed by atoms with Gasteiger partial charge in [-0.25, -0.2) is 18.7 Å². The van der Waals surface area contributed by atoms with E-state index in [2.05, 4.69) is 15.3 Å². The summed E-state index contributed by atoms with van der Waals surface area (Å²) in [5.41, 5.74) is 0.871. The van der Waals surface area contributed by atoms with Crippen LogP contribution in [-0.2, 0) is 4.74 Å². The number of rotatable bonds is 3. The van der Waals surface area contributed by atoms with Gasteiger partial charge in [-0.3, -0.25) is 9.36 Å². The maximum absolute atomic E-state index is 13.8. The van der Waals surface area contributed by atoms with E-state index in [0.29, 0.717) is 5.82 Å². The van der Waals surface area contributed by atoms with Gasteiger partial charge in [0.05, 0.1) is 13.2 Å². The van der Waals surface area contributed by atoms with E-state index in [9.17, 15) is 13.6 Å². The second kappa shape index (κ2) is 6.04. The van der Waals surface area contributed by atoms with Gasteiger partial charge in [-0.05, 0) is 24.6 Å². The van der Waals surface area contributed by atoms with Crippen LogP contribution in [0.4, 0.5) is 8.78 Å². The highest BCUT2D eigenvalue weighted by atomic mass is 19.3. The van der Waals surface area contributed by atoms with E-state index < -0.39 is 24.3 Å². The maximum atomic E-state index is 13.8. The molecular weight excluding hydrogens is 306 g/mol. The Morgan fingerprint density at radius 1 is 1.48 bits per heavy atom. The number of ether oxygens (including phenoxy) is 1. The Kier molecular flexibility index (Phi) is 4.08. The van der Waals surface area contributed by atoms with Crippen molar-refractivity contribution in [3.63, 3.8) is 0 Å². The molecule has 1 saturated heterocycles. The molecule has 6 nitrogen and oxygen atoms in total. The fourth-order valence-corrected chi connectivity index (χ4v) is 2.38. The molecule has 1 aliphatic heterocycles. The Hall–Kier alpha value is -2.35. The van der Waals surface area contributed by atoms with Crippen molar-refractivity contribution in [1.82, 2.24) is 19.9 Å². The monoisotopic (exact) mass is 322 g/mol. The molecule has 0 spiro atoms. The zero-order valence-corrected chi connectivity index (χ0v) is 12.5. The molecule has 0 aromatic carbocycles. The van der Waals surface area contributed by atoms with Gasteiger partial charge in [-0.1, -0.05) is 0 Å². The van der Waals surface area contributed by atoms with Crippen LogP contribution < -0.4 is 5.32 Å². The molecule has 1 fully saturated rings. The summed E-state index contributed by atoms with van der Waals surface area (Å²) in [5, 5.41) is 2.32. The Morgan fingerprint density at radius 3 is 3.00 bits per heavy atom. The highest BCUT2D eigenvalue weighted by Crippen LogP contribution is 2.27. The third-order valence-corrected chi connectivity index (χ3v) is 3.64. The summed E-state index contributed by atoms with van der Waals surface area (Å²) in [6, 6.07) is 1.98. The zero-order valence-electron chi connectivity index (χ0n) is 12.5. The van der Waals surface area contributed by atoms with Crippen LogP contribution >= 0.6 is 0 Å². The summed E-state index contributed by atoms with van der Waals surface area (Å²) < 4.78 is 34.3. The largest absolute Gasteiger partial charge is 0.379 e. The minimum atomic E-state index is -2.98. The van der Waals surface area contributed by atoms with Gasteiger partial charge >= 0.3 is 0 Å². The van der Waals surface area contributed by atoms with Crippen LogP contribution in [-0.4, -0.2) is 45.6 Å². The second-order valence-electron chi connectivity index (χ2n) is 5.47. The first-order valence-corrected chi connectivity index (χ1v) is 7.19. The van der Waals surface area contributed by atoms with Gasteiger partial charge in [-0.15, -0.1) is 0 Å². The number of hydrogen-bond acceptors (Lipinski definition) is 4. The minimum Gasteiger partial charge on any atom is -0.379 e. The highest BCUT2D eigenvalue weighted by molar-refractivity contribution is 5.93. The predicted molar refractivity (Wildman–Crippen MR) is 77.7 cm³/mol. The summed E-state index contributed by atoms with van der Waals surface area (Å²) in [6.07, 6.45) is 4.42. The van der Waals surface area contributed by atoms with E-state index in [1.807, 2.05) is 0 Å². The molecule has 3 heterocycles. The number of carbonyl (C=O) groups excluding carboxylic acids is 1. The maximum Gasteiger partial charge on any atom is 0.272 e. The molecule has 0 radical (unpaired) electrons. The van der Waals surface area contributed by atoms with Crippen LogP contribution in [0.2, 0.25) is 0 Å². The number of aryl methyl sites for hydroxylation is 1. The number of pyridine rings is 1. The Balaban J connectivity index is 1.82. The molecule has 1 aliphatic rings. The van der Waals surface area contributed by atoms with Crippen LogP contribution in [0.25, 0.3) is 5.82 Å². The topological polar surface area (TPSA) is 69.0 Å². The molecule has 23 heavy (non-hydrogen) atoms. The van der Waals surface area contributed by atoms with E-state index in [0.717, 1.165) is 5.56 Å². The van der Waals surface area contributed by atoms with Crippen LogP contribution in [0.3, 0.4) is 0 Å². The molecule has 2 aromatic rings. The first-order chi connectivity index (χ1) is 11.0. The zero-order chi connectivity index (χ0) is 16.4. The molecule has 1 atom stereocenters. The average Bonchev–Trinajstić information content (AvgIpc) is 3.03. The molecule has 3 rings (SSSR count). The molecular formula is C15H16F2N4O2. The summed E-state index contributed by atoms with van der Waals surface area (Å²) in [5.74, 6) is -3.13. The van der Waals surface area contributed by atoms with Crippen LogP contribution in [0.5, 0.6) is 0 Å². The van der Waals surface area contributed by atoms with Crippen LogP contribution in [0, 0.1) is 6.92 Å². The van der Waals surface area contributed by atoms with E-state index in [1.54, 1.807) is 42.3 Å². The van der Waals surface area contributed by atoms with Crippen LogP contribution in [0.1, 0.15) is 22.5 Å². The van der Waals surface area contributed by atoms with E-state index in [-0.39, 0.29) is 18.9 Å². The molecule has 0 unspecified atom stereocenters. The molecule has 0 bridgehead atoms. The Labute approximate surface area is 131 Å². The third kappa shape index (κ3) is 3.37. The number of hydrogen-bond donors (Lipinski definition) is 1. The lowest BCUT2D eigenvalue weighted by Crippen LogP contribution is -2.53. The van der Waals surface area contributed by atoms with E-state index in [1.165, 1.54) is 0 Å². The Bertz CT molecular complexity index is 704. The average molecular weight is 322 g/mol. The first kappa shape index (κ1) is 15.5. The number of nitrogens with zero attached hydrogens (tertiary/aromatic N) is 3. The fourth-order valence-electron chi connectivity index (χ4n) is 2.38. The van der Waals surface area contributed by atoms with E-state index in [4.69, 9.17) is 4.74 Å².